The van der Waals surface area contributed by atoms with Gasteiger partial charge in [-0.05, 0) is 49.8 Å². The molecule has 0 spiro atoms. The van der Waals surface area contributed by atoms with E-state index in [1.54, 1.807) is 16.2 Å². The van der Waals surface area contributed by atoms with Gasteiger partial charge in [-0.15, -0.1) is 11.3 Å². The van der Waals surface area contributed by atoms with E-state index in [9.17, 15) is 14.4 Å². The molecule has 2 aliphatic heterocycles. The SMILES string of the molecule is Cc1ccc(C(=O)N2CC(N(Cc3cccs3)C(=O)C3CC3)CC2C(=O)N2CCNCC2)cc1. The summed E-state index contributed by atoms with van der Waals surface area (Å²) in [5, 5.41) is 5.31. The first-order valence-electron chi connectivity index (χ1n) is 12.2. The minimum absolute atomic E-state index is 0.000550. The fourth-order valence-electron chi connectivity index (χ4n) is 4.98. The number of hydrogen-bond donors (Lipinski definition) is 1. The Morgan fingerprint density at radius 2 is 1.82 bits per heavy atom. The number of carbonyl (C=O) groups excluding carboxylic acids is 3. The molecule has 2 aromatic rings. The molecule has 1 N–H and O–H groups in total. The van der Waals surface area contributed by atoms with E-state index in [1.807, 2.05) is 58.5 Å². The number of thiophene rings is 1. The molecule has 180 valence electrons. The zero-order chi connectivity index (χ0) is 23.7. The third-order valence-electron chi connectivity index (χ3n) is 7.11. The maximum Gasteiger partial charge on any atom is 0.254 e. The monoisotopic (exact) mass is 480 g/mol. The molecular weight excluding hydrogens is 448 g/mol. The number of carbonyl (C=O) groups is 3. The van der Waals surface area contributed by atoms with Crippen molar-refractivity contribution in [3.05, 3.63) is 57.8 Å². The number of benzene rings is 1. The number of hydrogen-bond acceptors (Lipinski definition) is 5. The van der Waals surface area contributed by atoms with Gasteiger partial charge in [0.25, 0.3) is 5.91 Å². The minimum atomic E-state index is -0.547. The number of nitrogens with zero attached hydrogens (tertiary/aromatic N) is 3. The van der Waals surface area contributed by atoms with Crippen molar-refractivity contribution in [1.82, 2.24) is 20.0 Å². The summed E-state index contributed by atoms with van der Waals surface area (Å²) in [5.41, 5.74) is 1.67. The number of likely N-dealkylation sites (tertiary alicyclic amines) is 1. The minimum Gasteiger partial charge on any atom is -0.338 e. The van der Waals surface area contributed by atoms with Crippen LogP contribution >= 0.6 is 11.3 Å². The summed E-state index contributed by atoms with van der Waals surface area (Å²) in [5.74, 6) is 0.117. The van der Waals surface area contributed by atoms with Gasteiger partial charge in [-0.3, -0.25) is 14.4 Å². The zero-order valence-corrected chi connectivity index (χ0v) is 20.4. The number of nitrogens with one attached hydrogen (secondary N) is 1. The van der Waals surface area contributed by atoms with E-state index in [4.69, 9.17) is 0 Å². The van der Waals surface area contributed by atoms with E-state index in [2.05, 4.69) is 5.32 Å². The van der Waals surface area contributed by atoms with Gasteiger partial charge in [-0.1, -0.05) is 23.8 Å². The van der Waals surface area contributed by atoms with E-state index in [-0.39, 0.29) is 29.7 Å². The molecular formula is C26H32N4O3S. The van der Waals surface area contributed by atoms with Crippen LogP contribution < -0.4 is 5.32 Å². The zero-order valence-electron chi connectivity index (χ0n) is 19.6. The molecule has 5 rings (SSSR count). The fraction of sp³-hybridized carbons (Fsp3) is 0.500. The first kappa shape index (κ1) is 23.1. The lowest BCUT2D eigenvalue weighted by Gasteiger charge is -2.32. The van der Waals surface area contributed by atoms with Crippen LogP contribution in [0.3, 0.4) is 0 Å². The van der Waals surface area contributed by atoms with Crippen LogP contribution in [0.25, 0.3) is 0 Å². The summed E-state index contributed by atoms with van der Waals surface area (Å²) in [4.78, 5) is 47.2. The first-order chi connectivity index (χ1) is 16.5. The Hall–Kier alpha value is -2.71. The third-order valence-corrected chi connectivity index (χ3v) is 7.97. The Kier molecular flexibility index (Phi) is 6.70. The lowest BCUT2D eigenvalue weighted by Crippen LogP contribution is -2.53. The Morgan fingerprint density at radius 1 is 1.09 bits per heavy atom. The number of aryl methyl sites for hydroxylation is 1. The quantitative estimate of drug-likeness (QED) is 0.690. The van der Waals surface area contributed by atoms with Gasteiger partial charge in [0.15, 0.2) is 0 Å². The molecule has 34 heavy (non-hydrogen) atoms. The average Bonchev–Trinajstić information content (AvgIpc) is 3.41. The van der Waals surface area contributed by atoms with Crippen LogP contribution in [0.1, 0.15) is 40.1 Å². The van der Waals surface area contributed by atoms with Crippen LogP contribution in [-0.4, -0.2) is 77.2 Å². The van der Waals surface area contributed by atoms with Crippen molar-refractivity contribution in [2.45, 2.75) is 44.8 Å². The summed E-state index contributed by atoms with van der Waals surface area (Å²) in [6, 6.07) is 10.8. The predicted molar refractivity (Wildman–Crippen MR) is 131 cm³/mol. The molecule has 8 heteroatoms. The summed E-state index contributed by atoms with van der Waals surface area (Å²) >= 11 is 1.64. The molecule has 7 nitrogen and oxygen atoms in total. The van der Waals surface area contributed by atoms with E-state index in [1.165, 1.54) is 0 Å². The van der Waals surface area contributed by atoms with Gasteiger partial charge in [-0.25, -0.2) is 0 Å². The number of amides is 3. The fourth-order valence-corrected chi connectivity index (χ4v) is 5.68. The van der Waals surface area contributed by atoms with Crippen LogP contribution in [0.15, 0.2) is 41.8 Å². The largest absolute Gasteiger partial charge is 0.338 e. The summed E-state index contributed by atoms with van der Waals surface area (Å²) in [7, 11) is 0. The van der Waals surface area contributed by atoms with Crippen molar-refractivity contribution in [3.63, 3.8) is 0 Å². The van der Waals surface area contributed by atoms with E-state index in [0.29, 0.717) is 38.2 Å². The lowest BCUT2D eigenvalue weighted by molar-refractivity contribution is -0.137. The highest BCUT2D eigenvalue weighted by atomic mass is 32.1. The van der Waals surface area contributed by atoms with Gasteiger partial charge in [0, 0.05) is 49.1 Å². The maximum atomic E-state index is 13.6. The number of piperazine rings is 1. The van der Waals surface area contributed by atoms with Crippen LogP contribution in [0.5, 0.6) is 0 Å². The molecule has 3 heterocycles. The molecule has 0 bridgehead atoms. The smallest absolute Gasteiger partial charge is 0.254 e. The molecule has 0 radical (unpaired) electrons. The summed E-state index contributed by atoms with van der Waals surface area (Å²) < 4.78 is 0. The normalized spacial score (nSPS) is 22.6. The second-order valence-electron chi connectivity index (χ2n) is 9.62. The molecule has 3 amide bonds. The van der Waals surface area contributed by atoms with Crippen molar-refractivity contribution in [2.24, 2.45) is 5.92 Å². The maximum absolute atomic E-state index is 13.6. The van der Waals surface area contributed by atoms with Crippen LogP contribution in [-0.2, 0) is 16.1 Å². The third kappa shape index (κ3) is 4.88. The molecule has 1 aromatic heterocycles. The average molecular weight is 481 g/mol. The standard InChI is InChI=1S/C26H32N4O3S/c1-18-4-6-19(7-5-18)25(32)30-16-21(15-23(30)26(33)28-12-10-27-11-13-28)29(24(31)20-8-9-20)17-22-3-2-14-34-22/h2-7,14,20-21,23,27H,8-13,15-17H2,1H3. The van der Waals surface area contributed by atoms with Crippen molar-refractivity contribution in [3.8, 4) is 0 Å². The van der Waals surface area contributed by atoms with Gasteiger partial charge >= 0.3 is 0 Å². The van der Waals surface area contributed by atoms with Crippen molar-refractivity contribution in [2.75, 3.05) is 32.7 Å². The van der Waals surface area contributed by atoms with Crippen LogP contribution in [0.2, 0.25) is 0 Å². The molecule has 3 fully saturated rings. The molecule has 1 aliphatic carbocycles. The Morgan fingerprint density at radius 3 is 2.47 bits per heavy atom. The van der Waals surface area contributed by atoms with Crippen LogP contribution in [0, 0.1) is 12.8 Å². The highest BCUT2D eigenvalue weighted by molar-refractivity contribution is 7.09. The predicted octanol–water partition coefficient (Wildman–Crippen LogP) is 2.51. The molecule has 3 aliphatic rings. The highest BCUT2D eigenvalue weighted by Gasteiger charge is 2.46. The summed E-state index contributed by atoms with van der Waals surface area (Å²) in [6.07, 6.45) is 2.35. The molecule has 1 saturated carbocycles. The Bertz CT molecular complexity index is 1030. The van der Waals surface area contributed by atoms with Gasteiger partial charge < -0.3 is 20.0 Å². The molecule has 2 atom stereocenters. The molecule has 2 unspecified atom stereocenters. The highest BCUT2D eigenvalue weighted by Crippen LogP contribution is 2.35. The Balaban J connectivity index is 1.42. The van der Waals surface area contributed by atoms with Gasteiger partial charge in [0.05, 0.1) is 12.6 Å². The second-order valence-corrected chi connectivity index (χ2v) is 10.7. The second kappa shape index (κ2) is 9.88. The van der Waals surface area contributed by atoms with Crippen LogP contribution in [0.4, 0.5) is 0 Å². The van der Waals surface area contributed by atoms with Crippen molar-refractivity contribution < 1.29 is 14.4 Å². The van der Waals surface area contributed by atoms with Crippen molar-refractivity contribution in [1.29, 1.82) is 0 Å². The van der Waals surface area contributed by atoms with E-state index < -0.39 is 6.04 Å². The Labute approximate surface area is 204 Å². The van der Waals surface area contributed by atoms with Crippen molar-refractivity contribution >= 4 is 29.1 Å². The van der Waals surface area contributed by atoms with E-state index in [0.717, 1.165) is 36.4 Å². The first-order valence-corrected chi connectivity index (χ1v) is 13.1. The van der Waals surface area contributed by atoms with E-state index >= 15 is 0 Å². The lowest BCUT2D eigenvalue weighted by atomic mass is 10.1. The molecule has 2 saturated heterocycles. The molecule has 1 aromatic carbocycles. The number of rotatable bonds is 6. The summed E-state index contributed by atoms with van der Waals surface area (Å²) in [6.45, 7) is 5.73. The van der Waals surface area contributed by atoms with Gasteiger partial charge in [0.2, 0.25) is 11.8 Å². The van der Waals surface area contributed by atoms with Gasteiger partial charge in [-0.2, -0.15) is 0 Å². The van der Waals surface area contributed by atoms with Gasteiger partial charge in [0.1, 0.15) is 6.04 Å². The topological polar surface area (TPSA) is 73.0 Å².